The van der Waals surface area contributed by atoms with Gasteiger partial charge in [-0.05, 0) is 64.7 Å². The van der Waals surface area contributed by atoms with Crippen molar-refractivity contribution in [1.29, 1.82) is 0 Å². The number of aromatic carboxylic acids is 1. The van der Waals surface area contributed by atoms with E-state index in [4.69, 9.17) is 0 Å². The minimum absolute atomic E-state index is 0.0238. The molecule has 7 nitrogen and oxygen atoms in total. The lowest BCUT2D eigenvalue weighted by Gasteiger charge is -2.27. The van der Waals surface area contributed by atoms with Crippen LogP contribution in [-0.2, 0) is 10.0 Å². The number of benzene rings is 2. The van der Waals surface area contributed by atoms with Crippen LogP contribution in [0.4, 0.5) is 11.4 Å². The number of carbonyl (C=O) groups is 1. The summed E-state index contributed by atoms with van der Waals surface area (Å²) in [6.07, 6.45) is 0. The fourth-order valence-corrected chi connectivity index (χ4v) is 4.39. The summed E-state index contributed by atoms with van der Waals surface area (Å²) in [6.45, 7) is 7.72. The first kappa shape index (κ1) is 22.7. The van der Waals surface area contributed by atoms with Crippen molar-refractivity contribution >= 4 is 27.4 Å². The van der Waals surface area contributed by atoms with Gasteiger partial charge in [-0.1, -0.05) is 17.7 Å². The predicted molar refractivity (Wildman–Crippen MR) is 117 cm³/mol. The zero-order chi connectivity index (χ0) is 21.8. The second-order valence-corrected chi connectivity index (χ2v) is 8.95. The Labute approximate surface area is 173 Å². The highest BCUT2D eigenvalue weighted by atomic mass is 32.2. The molecule has 0 unspecified atom stereocenters. The first-order valence-corrected chi connectivity index (χ1v) is 10.9. The number of anilines is 2. The summed E-state index contributed by atoms with van der Waals surface area (Å²) in [6, 6.07) is 9.63. The van der Waals surface area contributed by atoms with Crippen molar-refractivity contribution in [3.05, 3.63) is 53.1 Å². The third-order valence-corrected chi connectivity index (χ3v) is 6.17. The molecule has 8 heteroatoms. The third kappa shape index (κ3) is 5.71. The van der Waals surface area contributed by atoms with Gasteiger partial charge < -0.3 is 14.9 Å². The molecular weight excluding hydrogens is 390 g/mol. The van der Waals surface area contributed by atoms with Gasteiger partial charge in [0, 0.05) is 19.6 Å². The largest absolute Gasteiger partial charge is 0.478 e. The van der Waals surface area contributed by atoms with Gasteiger partial charge in [0.05, 0.1) is 21.8 Å². The fraction of sp³-hybridized carbons (Fsp3) is 0.381. The summed E-state index contributed by atoms with van der Waals surface area (Å²) in [7, 11) is 0.0481. The molecule has 0 radical (unpaired) electrons. The number of aryl methyl sites for hydroxylation is 2. The normalized spacial score (nSPS) is 11.5. The van der Waals surface area contributed by atoms with Crippen LogP contribution >= 0.6 is 0 Å². The van der Waals surface area contributed by atoms with Crippen molar-refractivity contribution in [2.24, 2.45) is 0 Å². The number of hydrogen-bond donors (Lipinski definition) is 2. The van der Waals surface area contributed by atoms with E-state index in [1.807, 2.05) is 37.7 Å². The molecule has 29 heavy (non-hydrogen) atoms. The Bertz CT molecular complexity index is 987. The summed E-state index contributed by atoms with van der Waals surface area (Å²) in [5.74, 6) is -1.11. The van der Waals surface area contributed by atoms with Crippen molar-refractivity contribution in [2.45, 2.75) is 25.7 Å². The van der Waals surface area contributed by atoms with E-state index in [0.717, 1.165) is 12.1 Å². The molecule has 0 aliphatic heterocycles. The number of likely N-dealkylation sites (N-methyl/N-ethyl adjacent to an activating group) is 2. The number of carboxylic acid groups (broad SMARTS) is 1. The molecular formula is C21H29N3O4S. The maximum atomic E-state index is 13.1. The summed E-state index contributed by atoms with van der Waals surface area (Å²) in [5, 5.41) is 9.36. The number of rotatable bonds is 9. The van der Waals surface area contributed by atoms with Crippen molar-refractivity contribution in [1.82, 2.24) is 4.90 Å². The standard InChI is InChI=1S/C21H29N3O4S/c1-6-24(12-11-23(4)5)19-9-8-17(21(25)26)14-18(19)22-29(27,28)20-10-7-15(2)13-16(20)3/h7-10,13-14,22H,6,11-12H2,1-5H3,(H,25,26). The van der Waals surface area contributed by atoms with Crippen LogP contribution in [0.5, 0.6) is 0 Å². The van der Waals surface area contributed by atoms with E-state index >= 15 is 0 Å². The Morgan fingerprint density at radius 3 is 2.31 bits per heavy atom. The second-order valence-electron chi connectivity index (χ2n) is 7.29. The van der Waals surface area contributed by atoms with E-state index in [-0.39, 0.29) is 16.1 Å². The van der Waals surface area contributed by atoms with Gasteiger partial charge in [-0.2, -0.15) is 0 Å². The van der Waals surface area contributed by atoms with Gasteiger partial charge in [-0.15, -0.1) is 0 Å². The van der Waals surface area contributed by atoms with E-state index in [1.165, 1.54) is 12.1 Å². The first-order valence-electron chi connectivity index (χ1n) is 9.42. The average Bonchev–Trinajstić information content (AvgIpc) is 2.62. The molecule has 0 amide bonds. The molecule has 2 N–H and O–H groups in total. The quantitative estimate of drug-likeness (QED) is 0.649. The van der Waals surface area contributed by atoms with Crippen LogP contribution in [0.15, 0.2) is 41.3 Å². The summed E-state index contributed by atoms with van der Waals surface area (Å²) in [5.41, 5.74) is 2.53. The minimum Gasteiger partial charge on any atom is -0.478 e. The highest BCUT2D eigenvalue weighted by Crippen LogP contribution is 2.30. The summed E-state index contributed by atoms with van der Waals surface area (Å²) < 4.78 is 28.7. The van der Waals surface area contributed by atoms with Crippen LogP contribution in [0.2, 0.25) is 0 Å². The Morgan fingerprint density at radius 2 is 1.76 bits per heavy atom. The molecule has 2 aromatic rings. The molecule has 0 fully saturated rings. The number of nitrogens with zero attached hydrogens (tertiary/aromatic N) is 2. The summed E-state index contributed by atoms with van der Waals surface area (Å²) in [4.78, 5) is 15.7. The molecule has 0 saturated carbocycles. The lowest BCUT2D eigenvalue weighted by molar-refractivity contribution is 0.0697. The lowest BCUT2D eigenvalue weighted by atomic mass is 10.1. The molecule has 0 atom stereocenters. The average molecular weight is 420 g/mol. The molecule has 2 aromatic carbocycles. The van der Waals surface area contributed by atoms with Crippen LogP contribution in [0, 0.1) is 13.8 Å². The van der Waals surface area contributed by atoms with Crippen LogP contribution in [0.3, 0.4) is 0 Å². The molecule has 0 aromatic heterocycles. The third-order valence-electron chi connectivity index (χ3n) is 4.65. The smallest absolute Gasteiger partial charge is 0.335 e. The molecule has 0 aliphatic rings. The summed E-state index contributed by atoms with van der Waals surface area (Å²) >= 11 is 0. The van der Waals surface area contributed by atoms with Crippen LogP contribution in [-0.4, -0.2) is 58.1 Å². The Morgan fingerprint density at radius 1 is 1.07 bits per heavy atom. The van der Waals surface area contributed by atoms with E-state index < -0.39 is 16.0 Å². The van der Waals surface area contributed by atoms with E-state index in [2.05, 4.69) is 4.72 Å². The number of nitrogens with one attached hydrogen (secondary N) is 1. The lowest BCUT2D eigenvalue weighted by Crippen LogP contribution is -2.32. The minimum atomic E-state index is -3.88. The number of sulfonamides is 1. The molecule has 158 valence electrons. The maximum Gasteiger partial charge on any atom is 0.335 e. The second kappa shape index (κ2) is 9.28. The number of hydrogen-bond acceptors (Lipinski definition) is 5. The topological polar surface area (TPSA) is 89.9 Å². The van der Waals surface area contributed by atoms with Gasteiger partial charge in [0.25, 0.3) is 10.0 Å². The predicted octanol–water partition coefficient (Wildman–Crippen LogP) is 3.19. The molecule has 0 spiro atoms. The van der Waals surface area contributed by atoms with Crippen LogP contribution < -0.4 is 9.62 Å². The highest BCUT2D eigenvalue weighted by Gasteiger charge is 2.21. The zero-order valence-corrected chi connectivity index (χ0v) is 18.4. The zero-order valence-electron chi connectivity index (χ0n) is 17.6. The first-order chi connectivity index (χ1) is 13.5. The Kier molecular flexibility index (Phi) is 7.26. The molecule has 0 bridgehead atoms. The van der Waals surface area contributed by atoms with E-state index in [1.54, 1.807) is 31.2 Å². The monoisotopic (exact) mass is 419 g/mol. The van der Waals surface area contributed by atoms with Gasteiger partial charge in [-0.25, -0.2) is 13.2 Å². The van der Waals surface area contributed by atoms with Gasteiger partial charge in [0.15, 0.2) is 0 Å². The van der Waals surface area contributed by atoms with Crippen LogP contribution in [0.1, 0.15) is 28.4 Å². The Balaban J connectivity index is 2.50. The molecule has 0 aliphatic carbocycles. The van der Waals surface area contributed by atoms with Crippen molar-refractivity contribution in [3.63, 3.8) is 0 Å². The molecule has 0 saturated heterocycles. The number of carboxylic acids is 1. The fourth-order valence-electron chi connectivity index (χ4n) is 3.10. The van der Waals surface area contributed by atoms with Gasteiger partial charge in [0.2, 0.25) is 0 Å². The van der Waals surface area contributed by atoms with Crippen molar-refractivity contribution in [3.8, 4) is 0 Å². The van der Waals surface area contributed by atoms with E-state index in [9.17, 15) is 18.3 Å². The van der Waals surface area contributed by atoms with E-state index in [0.29, 0.717) is 24.3 Å². The van der Waals surface area contributed by atoms with Crippen molar-refractivity contribution < 1.29 is 18.3 Å². The molecule has 2 rings (SSSR count). The highest BCUT2D eigenvalue weighted by molar-refractivity contribution is 7.92. The van der Waals surface area contributed by atoms with Gasteiger partial charge in [0.1, 0.15) is 0 Å². The maximum absolute atomic E-state index is 13.1. The van der Waals surface area contributed by atoms with Gasteiger partial charge >= 0.3 is 5.97 Å². The van der Waals surface area contributed by atoms with Gasteiger partial charge in [-0.3, -0.25) is 4.72 Å². The van der Waals surface area contributed by atoms with Crippen LogP contribution in [0.25, 0.3) is 0 Å². The SMILES string of the molecule is CCN(CCN(C)C)c1ccc(C(=O)O)cc1NS(=O)(=O)c1ccc(C)cc1C. The molecule has 0 heterocycles. The Hall–Kier alpha value is -2.58. The van der Waals surface area contributed by atoms with Crippen molar-refractivity contribution in [2.75, 3.05) is 43.4 Å².